The summed E-state index contributed by atoms with van der Waals surface area (Å²) in [6, 6.07) is 39.7. The summed E-state index contributed by atoms with van der Waals surface area (Å²) in [4.78, 5) is 0. The van der Waals surface area contributed by atoms with Gasteiger partial charge in [0.15, 0.2) is 0 Å². The fraction of sp³-hybridized carbons (Fsp3) is 0.125. The number of hydrogen-bond acceptors (Lipinski definition) is 0. The van der Waals surface area contributed by atoms with Crippen LogP contribution in [0.25, 0.3) is 12.2 Å². The Bertz CT molecular complexity index is 1200. The van der Waals surface area contributed by atoms with E-state index in [4.69, 9.17) is 0 Å². The average Bonchev–Trinajstić information content (AvgIpc) is 3.41. The summed E-state index contributed by atoms with van der Waals surface area (Å²) in [5.41, 5.74) is 11.5. The second-order valence-electron chi connectivity index (χ2n) is 8.88. The molecule has 0 aliphatic heterocycles. The van der Waals surface area contributed by atoms with Crippen LogP contribution in [0.5, 0.6) is 0 Å². The second-order valence-corrected chi connectivity index (χ2v) is 8.88. The summed E-state index contributed by atoms with van der Waals surface area (Å²) in [5.74, 6) is 0.735. The SMILES string of the molecule is C1=C(CCC2=Cc3ccccc3C2c2ccccc2)C(c2ccccc2)c2ccccc21. The molecule has 2 atom stereocenters. The first-order valence-electron chi connectivity index (χ1n) is 11.6. The van der Waals surface area contributed by atoms with E-state index in [2.05, 4.69) is 121 Å². The molecule has 0 nitrogen and oxygen atoms in total. The van der Waals surface area contributed by atoms with Crippen molar-refractivity contribution in [2.24, 2.45) is 0 Å². The fourth-order valence-electron chi connectivity index (χ4n) is 5.58. The lowest BCUT2D eigenvalue weighted by Gasteiger charge is -2.21. The van der Waals surface area contributed by atoms with Gasteiger partial charge in [-0.25, -0.2) is 0 Å². The van der Waals surface area contributed by atoms with Crippen molar-refractivity contribution in [3.63, 3.8) is 0 Å². The highest BCUT2D eigenvalue weighted by atomic mass is 14.3. The van der Waals surface area contributed by atoms with Crippen LogP contribution in [0.15, 0.2) is 120 Å². The molecule has 4 aromatic rings. The van der Waals surface area contributed by atoms with E-state index in [0.717, 1.165) is 12.8 Å². The van der Waals surface area contributed by atoms with Gasteiger partial charge in [0.1, 0.15) is 0 Å². The summed E-state index contributed by atoms with van der Waals surface area (Å²) in [7, 11) is 0. The Morgan fingerprint density at radius 2 is 0.781 bits per heavy atom. The van der Waals surface area contributed by atoms with Gasteiger partial charge >= 0.3 is 0 Å². The second kappa shape index (κ2) is 8.13. The Morgan fingerprint density at radius 3 is 1.22 bits per heavy atom. The molecule has 2 aliphatic carbocycles. The molecular formula is C32H26. The van der Waals surface area contributed by atoms with Crippen LogP contribution in [0, 0.1) is 0 Å². The van der Waals surface area contributed by atoms with Gasteiger partial charge in [-0.1, -0.05) is 132 Å². The predicted octanol–water partition coefficient (Wildman–Crippen LogP) is 8.22. The zero-order chi connectivity index (χ0) is 21.3. The van der Waals surface area contributed by atoms with E-state index < -0.39 is 0 Å². The molecule has 154 valence electrons. The van der Waals surface area contributed by atoms with Crippen molar-refractivity contribution in [1.29, 1.82) is 0 Å². The predicted molar refractivity (Wildman–Crippen MR) is 135 cm³/mol. The van der Waals surface area contributed by atoms with Gasteiger partial charge in [0.2, 0.25) is 0 Å². The molecule has 0 heteroatoms. The van der Waals surface area contributed by atoms with Gasteiger partial charge in [0, 0.05) is 11.8 Å². The van der Waals surface area contributed by atoms with E-state index in [1.54, 1.807) is 0 Å². The first-order valence-corrected chi connectivity index (χ1v) is 11.6. The number of rotatable bonds is 5. The van der Waals surface area contributed by atoms with Gasteiger partial charge in [0.05, 0.1) is 0 Å². The number of fused-ring (bicyclic) bond motifs is 2. The maximum Gasteiger partial charge on any atom is 0.0308 e. The van der Waals surface area contributed by atoms with Crippen LogP contribution in [0.3, 0.4) is 0 Å². The monoisotopic (exact) mass is 410 g/mol. The van der Waals surface area contributed by atoms with E-state index in [1.165, 1.54) is 44.5 Å². The van der Waals surface area contributed by atoms with E-state index in [0.29, 0.717) is 11.8 Å². The van der Waals surface area contributed by atoms with Crippen molar-refractivity contribution in [1.82, 2.24) is 0 Å². The largest absolute Gasteiger partial charge is 0.0622 e. The van der Waals surface area contributed by atoms with Crippen LogP contribution in [-0.2, 0) is 0 Å². The zero-order valence-electron chi connectivity index (χ0n) is 18.1. The van der Waals surface area contributed by atoms with Crippen molar-refractivity contribution in [3.05, 3.63) is 154 Å². The molecule has 0 spiro atoms. The third-order valence-corrected chi connectivity index (χ3v) is 7.01. The number of allylic oxidation sites excluding steroid dienone is 2. The molecule has 0 saturated carbocycles. The van der Waals surface area contributed by atoms with Gasteiger partial charge in [-0.2, -0.15) is 0 Å². The van der Waals surface area contributed by atoms with Crippen LogP contribution in [0.1, 0.15) is 58.1 Å². The van der Waals surface area contributed by atoms with E-state index >= 15 is 0 Å². The molecule has 0 amide bonds. The molecule has 2 aliphatic rings. The van der Waals surface area contributed by atoms with Crippen LogP contribution >= 0.6 is 0 Å². The summed E-state index contributed by atoms with van der Waals surface area (Å²) >= 11 is 0. The van der Waals surface area contributed by atoms with Crippen molar-refractivity contribution in [2.45, 2.75) is 24.7 Å². The lowest BCUT2D eigenvalue weighted by Crippen LogP contribution is -2.04. The highest BCUT2D eigenvalue weighted by molar-refractivity contribution is 5.71. The molecule has 0 radical (unpaired) electrons. The summed E-state index contributed by atoms with van der Waals surface area (Å²) < 4.78 is 0. The van der Waals surface area contributed by atoms with Gasteiger partial charge in [-0.05, 0) is 46.2 Å². The third kappa shape index (κ3) is 3.33. The molecule has 32 heavy (non-hydrogen) atoms. The van der Waals surface area contributed by atoms with Crippen molar-refractivity contribution < 1.29 is 0 Å². The molecular weight excluding hydrogens is 384 g/mol. The Labute approximate surface area is 190 Å². The summed E-state index contributed by atoms with van der Waals surface area (Å²) in [6.07, 6.45) is 7.04. The minimum Gasteiger partial charge on any atom is -0.0622 e. The van der Waals surface area contributed by atoms with E-state index in [9.17, 15) is 0 Å². The van der Waals surface area contributed by atoms with Crippen LogP contribution in [0.2, 0.25) is 0 Å². The molecule has 0 heterocycles. The lowest BCUT2D eigenvalue weighted by molar-refractivity contribution is 0.803. The summed E-state index contributed by atoms with van der Waals surface area (Å²) in [5, 5.41) is 0. The Balaban J connectivity index is 1.32. The first kappa shape index (κ1) is 19.1. The Hall–Kier alpha value is -3.64. The molecule has 4 aromatic carbocycles. The molecule has 0 saturated heterocycles. The molecule has 2 unspecified atom stereocenters. The minimum absolute atomic E-state index is 0.368. The van der Waals surface area contributed by atoms with Crippen LogP contribution in [0.4, 0.5) is 0 Å². The summed E-state index contributed by atoms with van der Waals surface area (Å²) in [6.45, 7) is 0. The molecule has 0 fully saturated rings. The molecule has 6 rings (SSSR count). The van der Waals surface area contributed by atoms with Crippen molar-refractivity contribution >= 4 is 12.2 Å². The average molecular weight is 411 g/mol. The lowest BCUT2D eigenvalue weighted by atomic mass is 9.83. The van der Waals surface area contributed by atoms with Crippen molar-refractivity contribution in [3.8, 4) is 0 Å². The van der Waals surface area contributed by atoms with E-state index in [-0.39, 0.29) is 0 Å². The van der Waals surface area contributed by atoms with Crippen LogP contribution < -0.4 is 0 Å². The number of benzene rings is 4. The first-order chi connectivity index (χ1) is 15.9. The van der Waals surface area contributed by atoms with Gasteiger partial charge in [-0.15, -0.1) is 0 Å². The highest BCUT2D eigenvalue weighted by Crippen LogP contribution is 2.47. The van der Waals surface area contributed by atoms with Gasteiger partial charge in [-0.3, -0.25) is 0 Å². The Morgan fingerprint density at radius 1 is 0.406 bits per heavy atom. The quantitative estimate of drug-likeness (QED) is 0.311. The maximum atomic E-state index is 2.44. The molecule has 0 N–H and O–H groups in total. The third-order valence-electron chi connectivity index (χ3n) is 7.01. The molecule has 0 aromatic heterocycles. The standard InChI is InChI=1S/C32H26/c1-3-11-23(12-4-1)31-27(21-25-15-7-9-17-29(25)31)19-20-28-22-26-16-8-10-18-30(26)32(28)24-13-5-2-6-14-24/h1-18,21-22,31-32H,19-20H2. The number of hydrogen-bond donors (Lipinski definition) is 0. The van der Waals surface area contributed by atoms with Crippen molar-refractivity contribution in [2.75, 3.05) is 0 Å². The maximum absolute atomic E-state index is 2.44. The normalized spacial score (nSPS) is 18.6. The van der Waals surface area contributed by atoms with Gasteiger partial charge in [0.25, 0.3) is 0 Å². The minimum atomic E-state index is 0.368. The highest BCUT2D eigenvalue weighted by Gasteiger charge is 2.29. The van der Waals surface area contributed by atoms with Crippen LogP contribution in [-0.4, -0.2) is 0 Å². The van der Waals surface area contributed by atoms with Gasteiger partial charge < -0.3 is 0 Å². The molecule has 0 bridgehead atoms. The fourth-order valence-corrected chi connectivity index (χ4v) is 5.58. The zero-order valence-corrected chi connectivity index (χ0v) is 18.1. The topological polar surface area (TPSA) is 0 Å². The Kier molecular flexibility index (Phi) is 4.85. The van der Waals surface area contributed by atoms with E-state index in [1.807, 2.05) is 0 Å². The smallest absolute Gasteiger partial charge is 0.0308 e.